The van der Waals surface area contributed by atoms with Gasteiger partial charge >= 0.3 is 0 Å². The lowest BCUT2D eigenvalue weighted by Crippen LogP contribution is -2.08. The minimum atomic E-state index is 0.536. The quantitative estimate of drug-likeness (QED) is 0.768. The molecule has 2 aromatic heterocycles. The Morgan fingerprint density at radius 1 is 0.880 bits per heavy atom. The van der Waals surface area contributed by atoms with E-state index in [-0.39, 0.29) is 0 Å². The second-order valence-corrected chi connectivity index (χ2v) is 5.73. The van der Waals surface area contributed by atoms with E-state index in [0.717, 1.165) is 22.8 Å². The zero-order chi connectivity index (χ0) is 18.0. The Balaban J connectivity index is 1.95. The second-order valence-electron chi connectivity index (χ2n) is 5.73. The SMILES string of the molecule is COc1ccc(Nc2cc(C)nc(-n3nc(C)cc3C)n2)cc1OC. The normalized spacial score (nSPS) is 10.6. The summed E-state index contributed by atoms with van der Waals surface area (Å²) >= 11 is 0. The molecule has 0 fully saturated rings. The zero-order valence-electron chi connectivity index (χ0n) is 15.0. The number of benzene rings is 1. The molecule has 0 aliphatic heterocycles. The first-order valence-corrected chi connectivity index (χ1v) is 7.88. The smallest absolute Gasteiger partial charge is 0.252 e. The molecule has 0 spiro atoms. The Kier molecular flexibility index (Phi) is 4.56. The summed E-state index contributed by atoms with van der Waals surface area (Å²) in [6, 6.07) is 9.48. The minimum Gasteiger partial charge on any atom is -0.493 e. The highest BCUT2D eigenvalue weighted by atomic mass is 16.5. The summed E-state index contributed by atoms with van der Waals surface area (Å²) in [5.41, 5.74) is 3.60. The van der Waals surface area contributed by atoms with Crippen LogP contribution in [0.5, 0.6) is 11.5 Å². The molecule has 1 aromatic carbocycles. The Morgan fingerprint density at radius 3 is 2.28 bits per heavy atom. The predicted molar refractivity (Wildman–Crippen MR) is 96.2 cm³/mol. The molecule has 0 radical (unpaired) electrons. The summed E-state index contributed by atoms with van der Waals surface area (Å²) in [6.45, 7) is 5.85. The van der Waals surface area contributed by atoms with E-state index in [4.69, 9.17) is 9.47 Å². The van der Waals surface area contributed by atoms with Crippen LogP contribution < -0.4 is 14.8 Å². The summed E-state index contributed by atoms with van der Waals surface area (Å²) in [5, 5.41) is 7.73. The van der Waals surface area contributed by atoms with Gasteiger partial charge in [-0.25, -0.2) is 9.67 Å². The van der Waals surface area contributed by atoms with E-state index in [1.807, 2.05) is 51.1 Å². The minimum absolute atomic E-state index is 0.536. The first kappa shape index (κ1) is 16.8. The van der Waals surface area contributed by atoms with Crippen molar-refractivity contribution in [1.29, 1.82) is 0 Å². The van der Waals surface area contributed by atoms with Gasteiger partial charge in [0.1, 0.15) is 5.82 Å². The van der Waals surface area contributed by atoms with Crippen LogP contribution in [-0.4, -0.2) is 34.0 Å². The van der Waals surface area contributed by atoms with Gasteiger partial charge in [-0.15, -0.1) is 0 Å². The molecule has 1 N–H and O–H groups in total. The third kappa shape index (κ3) is 3.55. The van der Waals surface area contributed by atoms with Crippen molar-refractivity contribution in [2.24, 2.45) is 0 Å². The lowest BCUT2D eigenvalue weighted by atomic mass is 10.2. The highest BCUT2D eigenvalue weighted by Gasteiger charge is 2.10. The van der Waals surface area contributed by atoms with Crippen LogP contribution in [0, 0.1) is 20.8 Å². The Hall–Kier alpha value is -3.09. The number of aromatic nitrogens is 4. The molecule has 0 saturated carbocycles. The van der Waals surface area contributed by atoms with E-state index in [2.05, 4.69) is 20.4 Å². The molecule has 0 bridgehead atoms. The maximum absolute atomic E-state index is 5.34. The first-order valence-electron chi connectivity index (χ1n) is 7.88. The van der Waals surface area contributed by atoms with Crippen molar-refractivity contribution in [3.05, 3.63) is 47.4 Å². The van der Waals surface area contributed by atoms with Gasteiger partial charge in [-0.3, -0.25) is 0 Å². The largest absolute Gasteiger partial charge is 0.493 e. The zero-order valence-corrected chi connectivity index (χ0v) is 15.0. The Labute approximate surface area is 146 Å². The van der Waals surface area contributed by atoms with E-state index in [1.165, 1.54) is 0 Å². The molecular formula is C18H21N5O2. The number of hydrogen-bond acceptors (Lipinski definition) is 6. The maximum atomic E-state index is 5.34. The number of rotatable bonds is 5. The van der Waals surface area contributed by atoms with E-state index in [9.17, 15) is 0 Å². The lowest BCUT2D eigenvalue weighted by molar-refractivity contribution is 0.355. The van der Waals surface area contributed by atoms with Gasteiger partial charge < -0.3 is 14.8 Å². The predicted octanol–water partition coefficient (Wildman–Crippen LogP) is 3.35. The summed E-state index contributed by atoms with van der Waals surface area (Å²) in [5.74, 6) is 2.54. The number of hydrogen-bond donors (Lipinski definition) is 1. The Morgan fingerprint density at radius 2 is 1.64 bits per heavy atom. The number of aryl methyl sites for hydroxylation is 3. The number of methoxy groups -OCH3 is 2. The molecule has 130 valence electrons. The van der Waals surface area contributed by atoms with E-state index >= 15 is 0 Å². The van der Waals surface area contributed by atoms with Gasteiger partial charge in [-0.05, 0) is 39.0 Å². The topological polar surface area (TPSA) is 74.1 Å². The van der Waals surface area contributed by atoms with E-state index in [0.29, 0.717) is 23.3 Å². The van der Waals surface area contributed by atoms with Gasteiger partial charge in [0.15, 0.2) is 11.5 Å². The van der Waals surface area contributed by atoms with Crippen molar-refractivity contribution in [2.45, 2.75) is 20.8 Å². The van der Waals surface area contributed by atoms with Crippen LogP contribution in [0.1, 0.15) is 17.1 Å². The number of anilines is 2. The third-order valence-electron chi connectivity index (χ3n) is 3.70. The van der Waals surface area contributed by atoms with Crippen LogP contribution in [0.3, 0.4) is 0 Å². The second kappa shape index (κ2) is 6.80. The number of nitrogens with zero attached hydrogens (tertiary/aromatic N) is 4. The van der Waals surface area contributed by atoms with Gasteiger partial charge in [0.2, 0.25) is 0 Å². The van der Waals surface area contributed by atoms with Gasteiger partial charge in [0, 0.05) is 29.2 Å². The van der Waals surface area contributed by atoms with Gasteiger partial charge in [-0.1, -0.05) is 0 Å². The lowest BCUT2D eigenvalue weighted by Gasteiger charge is -2.12. The summed E-state index contributed by atoms with van der Waals surface area (Å²) in [4.78, 5) is 9.06. The molecule has 0 aliphatic rings. The molecule has 0 aliphatic carbocycles. The molecule has 0 amide bonds. The van der Waals surface area contributed by atoms with Crippen LogP contribution in [0.15, 0.2) is 30.3 Å². The van der Waals surface area contributed by atoms with E-state index < -0.39 is 0 Å². The molecule has 7 nitrogen and oxygen atoms in total. The monoisotopic (exact) mass is 339 g/mol. The van der Waals surface area contributed by atoms with Crippen molar-refractivity contribution < 1.29 is 9.47 Å². The maximum Gasteiger partial charge on any atom is 0.252 e. The van der Waals surface area contributed by atoms with Crippen molar-refractivity contribution in [2.75, 3.05) is 19.5 Å². The Bertz CT molecular complexity index is 904. The average Bonchev–Trinajstić information content (AvgIpc) is 2.92. The molecule has 2 heterocycles. The van der Waals surface area contributed by atoms with Crippen molar-refractivity contribution >= 4 is 11.5 Å². The van der Waals surface area contributed by atoms with Gasteiger partial charge in [-0.2, -0.15) is 10.1 Å². The molecule has 25 heavy (non-hydrogen) atoms. The average molecular weight is 339 g/mol. The summed E-state index contributed by atoms with van der Waals surface area (Å²) in [6.07, 6.45) is 0. The van der Waals surface area contributed by atoms with Crippen molar-refractivity contribution in [3.8, 4) is 17.4 Å². The third-order valence-corrected chi connectivity index (χ3v) is 3.70. The fraction of sp³-hybridized carbons (Fsp3) is 0.278. The molecule has 3 aromatic rings. The fourth-order valence-corrected chi connectivity index (χ4v) is 2.60. The summed E-state index contributed by atoms with van der Waals surface area (Å²) in [7, 11) is 3.22. The summed E-state index contributed by atoms with van der Waals surface area (Å²) < 4.78 is 12.3. The highest BCUT2D eigenvalue weighted by Crippen LogP contribution is 2.31. The first-order chi connectivity index (χ1) is 12.0. The van der Waals surface area contributed by atoms with Crippen molar-refractivity contribution in [3.63, 3.8) is 0 Å². The van der Waals surface area contributed by atoms with Crippen LogP contribution in [-0.2, 0) is 0 Å². The van der Waals surface area contributed by atoms with Gasteiger partial charge in [0.25, 0.3) is 5.95 Å². The molecule has 7 heteroatoms. The van der Waals surface area contributed by atoms with E-state index in [1.54, 1.807) is 18.9 Å². The molecule has 0 saturated heterocycles. The van der Waals surface area contributed by atoms with Crippen LogP contribution in [0.2, 0.25) is 0 Å². The number of ether oxygens (including phenoxy) is 2. The van der Waals surface area contributed by atoms with Crippen LogP contribution >= 0.6 is 0 Å². The van der Waals surface area contributed by atoms with Crippen LogP contribution in [0.25, 0.3) is 5.95 Å². The standard InChI is InChI=1S/C18H21N5O2/c1-11-9-17(20-14-6-7-15(24-4)16(10-14)25-5)21-18(19-11)23-13(3)8-12(2)22-23/h6-10H,1-5H3,(H,19,20,21). The molecule has 3 rings (SSSR count). The molecule has 0 atom stereocenters. The number of nitrogens with one attached hydrogen (secondary N) is 1. The fourth-order valence-electron chi connectivity index (χ4n) is 2.60. The molecular weight excluding hydrogens is 318 g/mol. The highest BCUT2D eigenvalue weighted by molar-refractivity contribution is 5.61. The molecule has 0 unspecified atom stereocenters. The van der Waals surface area contributed by atoms with Gasteiger partial charge in [0.05, 0.1) is 19.9 Å². The van der Waals surface area contributed by atoms with Crippen LogP contribution in [0.4, 0.5) is 11.5 Å². The van der Waals surface area contributed by atoms with Crippen molar-refractivity contribution in [1.82, 2.24) is 19.7 Å².